The highest BCUT2D eigenvalue weighted by Gasteiger charge is 2.41. The van der Waals surface area contributed by atoms with Gasteiger partial charge in [0.05, 0.1) is 6.61 Å². The van der Waals surface area contributed by atoms with Crippen LogP contribution in [0.15, 0.2) is 12.1 Å². The first-order chi connectivity index (χ1) is 10.1. The van der Waals surface area contributed by atoms with Gasteiger partial charge in [0.25, 0.3) is 0 Å². The lowest BCUT2D eigenvalue weighted by Gasteiger charge is -2.31. The molecule has 116 valence electrons. The van der Waals surface area contributed by atoms with Crippen LogP contribution in [0.5, 0.6) is 5.75 Å². The van der Waals surface area contributed by atoms with E-state index >= 15 is 0 Å². The van der Waals surface area contributed by atoms with Crippen LogP contribution in [0.3, 0.4) is 0 Å². The Balaban J connectivity index is 1.80. The summed E-state index contributed by atoms with van der Waals surface area (Å²) in [4.78, 5) is 0. The quantitative estimate of drug-likeness (QED) is 0.761. The molecule has 0 saturated heterocycles. The Bertz CT molecular complexity index is 512. The molecule has 21 heavy (non-hydrogen) atoms. The zero-order chi connectivity index (χ0) is 14.9. The van der Waals surface area contributed by atoms with Crippen LogP contribution in [0.1, 0.15) is 44.2 Å². The van der Waals surface area contributed by atoms with Gasteiger partial charge in [0, 0.05) is 18.0 Å². The predicted molar refractivity (Wildman–Crippen MR) is 88.3 cm³/mol. The van der Waals surface area contributed by atoms with Crippen LogP contribution in [0.25, 0.3) is 0 Å². The van der Waals surface area contributed by atoms with Crippen molar-refractivity contribution in [1.82, 2.24) is 5.32 Å². The summed E-state index contributed by atoms with van der Waals surface area (Å²) >= 11 is 6.31. The summed E-state index contributed by atoms with van der Waals surface area (Å²) in [6.45, 7) is 7.64. The van der Waals surface area contributed by atoms with Crippen LogP contribution in [0.4, 0.5) is 0 Å². The highest BCUT2D eigenvalue weighted by atomic mass is 35.5. The smallest absolute Gasteiger partial charge is 0.125 e. The minimum absolute atomic E-state index is 0.319. The van der Waals surface area contributed by atoms with Crippen molar-refractivity contribution in [3.8, 4) is 5.75 Å². The van der Waals surface area contributed by atoms with Gasteiger partial charge >= 0.3 is 0 Å². The topological polar surface area (TPSA) is 21.3 Å². The van der Waals surface area contributed by atoms with Gasteiger partial charge in [0.15, 0.2) is 0 Å². The van der Waals surface area contributed by atoms with Gasteiger partial charge in [-0.05, 0) is 66.8 Å². The molecule has 0 amide bonds. The number of ether oxygens (including phenoxy) is 1. The largest absolute Gasteiger partial charge is 0.493 e. The van der Waals surface area contributed by atoms with Crippen LogP contribution >= 0.6 is 11.6 Å². The summed E-state index contributed by atoms with van der Waals surface area (Å²) in [5.41, 5.74) is 2.92. The second-order valence-electron chi connectivity index (χ2n) is 6.93. The third-order valence-electron chi connectivity index (χ3n) is 4.94. The predicted octanol–water partition coefficient (Wildman–Crippen LogP) is 4.23. The lowest BCUT2D eigenvalue weighted by atomic mass is 9.78. The average Bonchev–Trinajstić information content (AvgIpc) is 3.19. The molecule has 1 atom stereocenters. The maximum Gasteiger partial charge on any atom is 0.125 e. The summed E-state index contributed by atoms with van der Waals surface area (Å²) in [6, 6.07) is 4.18. The van der Waals surface area contributed by atoms with Crippen molar-refractivity contribution < 1.29 is 4.74 Å². The molecule has 3 heteroatoms. The molecule has 0 radical (unpaired) electrons. The maximum atomic E-state index is 6.31. The van der Waals surface area contributed by atoms with Crippen LogP contribution in [0.2, 0.25) is 5.02 Å². The first-order valence-electron chi connectivity index (χ1n) is 8.27. The zero-order valence-corrected chi connectivity index (χ0v) is 13.9. The van der Waals surface area contributed by atoms with E-state index < -0.39 is 0 Å². The summed E-state index contributed by atoms with van der Waals surface area (Å²) in [6.07, 6.45) is 5.99. The maximum absolute atomic E-state index is 6.31. The number of nitrogens with one attached hydrogen (secondary N) is 1. The molecular formula is C18H26ClNO. The van der Waals surface area contributed by atoms with Gasteiger partial charge in [-0.3, -0.25) is 0 Å². The molecule has 1 aliphatic carbocycles. The Morgan fingerprint density at radius 2 is 2.19 bits per heavy atom. The van der Waals surface area contributed by atoms with Crippen LogP contribution < -0.4 is 10.1 Å². The fraction of sp³-hybridized carbons (Fsp3) is 0.667. The van der Waals surface area contributed by atoms with Gasteiger partial charge in [-0.25, -0.2) is 0 Å². The summed E-state index contributed by atoms with van der Waals surface area (Å²) in [5, 5.41) is 4.48. The van der Waals surface area contributed by atoms with E-state index in [1.807, 2.05) is 0 Å². The first kappa shape index (κ1) is 15.2. The lowest BCUT2D eigenvalue weighted by Crippen LogP contribution is -2.36. The van der Waals surface area contributed by atoms with Gasteiger partial charge in [0.1, 0.15) is 5.75 Å². The number of hydrogen-bond acceptors (Lipinski definition) is 2. The molecule has 1 aromatic rings. The fourth-order valence-electron chi connectivity index (χ4n) is 3.59. The molecule has 0 bridgehead atoms. The van der Waals surface area contributed by atoms with Crippen LogP contribution in [-0.2, 0) is 12.8 Å². The molecule has 1 aliphatic heterocycles. The van der Waals surface area contributed by atoms with Gasteiger partial charge in [-0.2, -0.15) is 0 Å². The monoisotopic (exact) mass is 307 g/mol. The highest BCUT2D eigenvalue weighted by Crippen LogP contribution is 2.48. The molecule has 1 saturated carbocycles. The van der Waals surface area contributed by atoms with Crippen molar-refractivity contribution in [3.05, 3.63) is 28.3 Å². The van der Waals surface area contributed by atoms with Crippen LogP contribution in [0, 0.1) is 11.3 Å². The third-order valence-corrected chi connectivity index (χ3v) is 5.16. The van der Waals surface area contributed by atoms with Gasteiger partial charge in [-0.15, -0.1) is 0 Å². The molecule has 1 aromatic carbocycles. The Morgan fingerprint density at radius 3 is 2.90 bits per heavy atom. The van der Waals surface area contributed by atoms with Gasteiger partial charge < -0.3 is 10.1 Å². The lowest BCUT2D eigenvalue weighted by molar-refractivity contribution is 0.252. The minimum atomic E-state index is 0.319. The molecule has 1 unspecified atom stereocenters. The average molecular weight is 308 g/mol. The Kier molecular flexibility index (Phi) is 4.46. The summed E-state index contributed by atoms with van der Waals surface area (Å²) in [5.74, 6) is 1.96. The van der Waals surface area contributed by atoms with E-state index in [-0.39, 0.29) is 0 Å². The summed E-state index contributed by atoms with van der Waals surface area (Å²) < 4.78 is 5.88. The molecule has 1 N–H and O–H groups in total. The van der Waals surface area contributed by atoms with E-state index in [2.05, 4.69) is 31.3 Å². The SMILES string of the molecule is CCCNCC(C)(Cc1cc(Cl)cc2c1OCC2)C1CC1. The Labute approximate surface area is 133 Å². The van der Waals surface area contributed by atoms with E-state index in [0.717, 1.165) is 49.2 Å². The second-order valence-corrected chi connectivity index (χ2v) is 7.37. The number of fused-ring (bicyclic) bond motifs is 1. The van der Waals surface area contributed by atoms with Crippen molar-refractivity contribution in [1.29, 1.82) is 0 Å². The molecule has 1 heterocycles. The third kappa shape index (κ3) is 3.37. The first-order valence-corrected chi connectivity index (χ1v) is 8.65. The van der Waals surface area contributed by atoms with E-state index in [1.165, 1.54) is 30.4 Å². The molecule has 2 aliphatic rings. The van der Waals surface area contributed by atoms with Crippen molar-refractivity contribution in [3.63, 3.8) is 0 Å². The van der Waals surface area contributed by atoms with Gasteiger partial charge in [-0.1, -0.05) is 25.4 Å². The minimum Gasteiger partial charge on any atom is -0.493 e. The van der Waals surface area contributed by atoms with Crippen molar-refractivity contribution >= 4 is 11.6 Å². The van der Waals surface area contributed by atoms with E-state index in [4.69, 9.17) is 16.3 Å². The fourth-order valence-corrected chi connectivity index (χ4v) is 3.86. The standard InChI is InChI=1S/C18H26ClNO/c1-3-7-20-12-18(2,15-4-5-15)11-14-10-16(19)9-13-6-8-21-17(13)14/h9-10,15,20H,3-8,11-12H2,1-2H3. The zero-order valence-electron chi connectivity index (χ0n) is 13.2. The molecular weight excluding hydrogens is 282 g/mol. The summed E-state index contributed by atoms with van der Waals surface area (Å²) in [7, 11) is 0. The normalized spacial score (nSPS) is 20.0. The second kappa shape index (κ2) is 6.18. The van der Waals surface area contributed by atoms with E-state index in [1.54, 1.807) is 0 Å². The van der Waals surface area contributed by atoms with E-state index in [9.17, 15) is 0 Å². The number of hydrogen-bond donors (Lipinski definition) is 1. The Morgan fingerprint density at radius 1 is 1.38 bits per heavy atom. The molecule has 0 spiro atoms. The van der Waals surface area contributed by atoms with Crippen molar-refractivity contribution in [2.45, 2.75) is 46.0 Å². The highest BCUT2D eigenvalue weighted by molar-refractivity contribution is 6.30. The molecule has 0 aromatic heterocycles. The van der Waals surface area contributed by atoms with Gasteiger partial charge in [0.2, 0.25) is 0 Å². The number of halogens is 1. The number of benzene rings is 1. The van der Waals surface area contributed by atoms with E-state index in [0.29, 0.717) is 5.41 Å². The molecule has 3 rings (SSSR count). The molecule has 1 fully saturated rings. The Hall–Kier alpha value is -0.730. The number of rotatable bonds is 7. The van der Waals surface area contributed by atoms with Crippen LogP contribution in [-0.4, -0.2) is 19.7 Å². The van der Waals surface area contributed by atoms with Crippen molar-refractivity contribution in [2.75, 3.05) is 19.7 Å². The molecule has 2 nitrogen and oxygen atoms in total. The van der Waals surface area contributed by atoms with Crippen molar-refractivity contribution in [2.24, 2.45) is 11.3 Å².